The number of nitrogens with one attached hydrogen (secondary N) is 2. The monoisotopic (exact) mass is 241 g/mol. The molecule has 0 aromatic carbocycles. The summed E-state index contributed by atoms with van der Waals surface area (Å²) in [4.78, 5) is 25.9. The van der Waals surface area contributed by atoms with Gasteiger partial charge in [0.2, 0.25) is 5.91 Å². The van der Waals surface area contributed by atoms with Gasteiger partial charge in [-0.3, -0.25) is 14.6 Å². The van der Waals surface area contributed by atoms with Crippen LogP contribution >= 0.6 is 11.6 Å². The number of aromatic nitrogens is 1. The van der Waals surface area contributed by atoms with Crippen LogP contribution in [0.4, 0.5) is 0 Å². The summed E-state index contributed by atoms with van der Waals surface area (Å²) in [7, 11) is 0. The largest absolute Gasteiger partial charge is 0.355 e. The van der Waals surface area contributed by atoms with Crippen LogP contribution in [0.1, 0.15) is 17.4 Å². The fourth-order valence-electron chi connectivity index (χ4n) is 1.03. The smallest absolute Gasteiger partial charge is 0.269 e. The first-order valence-corrected chi connectivity index (χ1v) is 5.11. The van der Waals surface area contributed by atoms with E-state index in [0.717, 1.165) is 0 Å². The Balaban J connectivity index is 2.38. The first kappa shape index (κ1) is 12.4. The van der Waals surface area contributed by atoms with E-state index in [4.69, 9.17) is 11.6 Å². The lowest BCUT2D eigenvalue weighted by Crippen LogP contribution is -2.33. The van der Waals surface area contributed by atoms with Crippen LogP contribution < -0.4 is 10.6 Å². The van der Waals surface area contributed by atoms with Crippen molar-refractivity contribution in [3.8, 4) is 0 Å². The SMILES string of the molecule is CC(=O)NCCNC(=O)c1cc(Cl)ccn1. The van der Waals surface area contributed by atoms with Crippen molar-refractivity contribution in [3.05, 3.63) is 29.0 Å². The number of nitrogens with zero attached hydrogens (tertiary/aromatic N) is 1. The minimum absolute atomic E-state index is 0.130. The maximum Gasteiger partial charge on any atom is 0.269 e. The van der Waals surface area contributed by atoms with Crippen molar-refractivity contribution in [1.82, 2.24) is 15.6 Å². The Morgan fingerprint density at radius 3 is 2.69 bits per heavy atom. The number of hydrogen-bond acceptors (Lipinski definition) is 3. The summed E-state index contributed by atoms with van der Waals surface area (Å²) < 4.78 is 0. The molecule has 2 amide bonds. The van der Waals surface area contributed by atoms with Gasteiger partial charge < -0.3 is 10.6 Å². The van der Waals surface area contributed by atoms with Crippen molar-refractivity contribution in [2.24, 2.45) is 0 Å². The molecule has 1 aromatic heterocycles. The Labute approximate surface area is 98.2 Å². The first-order chi connectivity index (χ1) is 7.59. The van der Waals surface area contributed by atoms with E-state index in [0.29, 0.717) is 18.1 Å². The van der Waals surface area contributed by atoms with E-state index in [-0.39, 0.29) is 17.5 Å². The molecular formula is C10H12ClN3O2. The summed E-state index contributed by atoms with van der Waals surface area (Å²) in [5.41, 5.74) is 0.260. The lowest BCUT2D eigenvalue weighted by Gasteiger charge is -2.05. The number of halogens is 1. The van der Waals surface area contributed by atoms with Gasteiger partial charge in [-0.2, -0.15) is 0 Å². The average Bonchev–Trinajstić information content (AvgIpc) is 2.24. The third kappa shape index (κ3) is 4.27. The molecule has 0 aliphatic heterocycles. The lowest BCUT2D eigenvalue weighted by molar-refractivity contribution is -0.118. The van der Waals surface area contributed by atoms with Gasteiger partial charge in [0.1, 0.15) is 5.69 Å². The standard InChI is InChI=1S/C10H12ClN3O2/c1-7(15)12-4-5-14-10(16)9-6-8(11)2-3-13-9/h2-3,6H,4-5H2,1H3,(H,12,15)(H,14,16). The molecule has 0 radical (unpaired) electrons. The van der Waals surface area contributed by atoms with Crippen LogP contribution in [0, 0.1) is 0 Å². The molecule has 86 valence electrons. The Hall–Kier alpha value is -1.62. The molecule has 0 bridgehead atoms. The van der Waals surface area contributed by atoms with Crippen LogP contribution in [-0.2, 0) is 4.79 Å². The molecule has 0 spiro atoms. The summed E-state index contributed by atoms with van der Waals surface area (Å²) in [6.07, 6.45) is 1.46. The maximum atomic E-state index is 11.5. The molecule has 0 saturated carbocycles. The predicted octanol–water partition coefficient (Wildman–Crippen LogP) is 0.601. The van der Waals surface area contributed by atoms with Gasteiger partial charge in [0.05, 0.1) is 0 Å². The van der Waals surface area contributed by atoms with Gasteiger partial charge in [-0.05, 0) is 12.1 Å². The predicted molar refractivity (Wildman–Crippen MR) is 60.3 cm³/mol. The highest BCUT2D eigenvalue weighted by atomic mass is 35.5. The summed E-state index contributed by atoms with van der Waals surface area (Å²) in [6.45, 7) is 2.16. The van der Waals surface area contributed by atoms with Crippen LogP contribution in [0.25, 0.3) is 0 Å². The Kier molecular flexibility index (Phi) is 4.72. The van der Waals surface area contributed by atoms with Crippen molar-refractivity contribution in [2.45, 2.75) is 6.92 Å². The zero-order chi connectivity index (χ0) is 12.0. The Morgan fingerprint density at radius 1 is 1.38 bits per heavy atom. The fraction of sp³-hybridized carbons (Fsp3) is 0.300. The van der Waals surface area contributed by atoms with Gasteiger partial charge >= 0.3 is 0 Å². The van der Waals surface area contributed by atoms with Crippen molar-refractivity contribution in [2.75, 3.05) is 13.1 Å². The Bertz CT molecular complexity index is 395. The topological polar surface area (TPSA) is 71.1 Å². The minimum atomic E-state index is -0.312. The second-order valence-electron chi connectivity index (χ2n) is 3.10. The average molecular weight is 242 g/mol. The van der Waals surface area contributed by atoms with Crippen LogP contribution in [0.2, 0.25) is 5.02 Å². The molecule has 5 nitrogen and oxygen atoms in total. The van der Waals surface area contributed by atoms with Gasteiger partial charge in [0.15, 0.2) is 0 Å². The van der Waals surface area contributed by atoms with Crippen LogP contribution in [-0.4, -0.2) is 29.9 Å². The summed E-state index contributed by atoms with van der Waals surface area (Å²) >= 11 is 5.71. The van der Waals surface area contributed by atoms with E-state index >= 15 is 0 Å². The third-order valence-electron chi connectivity index (χ3n) is 1.74. The zero-order valence-corrected chi connectivity index (χ0v) is 9.54. The number of rotatable bonds is 4. The molecule has 1 aromatic rings. The van der Waals surface area contributed by atoms with Crippen molar-refractivity contribution < 1.29 is 9.59 Å². The number of carbonyl (C=O) groups is 2. The van der Waals surface area contributed by atoms with Gasteiger partial charge in [0.25, 0.3) is 5.91 Å². The molecule has 0 unspecified atom stereocenters. The number of carbonyl (C=O) groups excluding carboxylic acids is 2. The highest BCUT2D eigenvalue weighted by Crippen LogP contribution is 2.07. The van der Waals surface area contributed by atoms with E-state index in [2.05, 4.69) is 15.6 Å². The minimum Gasteiger partial charge on any atom is -0.355 e. The first-order valence-electron chi connectivity index (χ1n) is 4.74. The molecule has 2 N–H and O–H groups in total. The summed E-state index contributed by atoms with van der Waals surface area (Å²) in [5, 5.41) is 5.63. The van der Waals surface area contributed by atoms with E-state index in [1.54, 1.807) is 6.07 Å². The van der Waals surface area contributed by atoms with Gasteiger partial charge in [-0.1, -0.05) is 11.6 Å². The highest BCUT2D eigenvalue weighted by molar-refractivity contribution is 6.30. The summed E-state index contributed by atoms with van der Waals surface area (Å²) in [6, 6.07) is 3.07. The van der Waals surface area contributed by atoms with Crippen molar-refractivity contribution in [3.63, 3.8) is 0 Å². The van der Waals surface area contributed by atoms with Gasteiger partial charge in [-0.15, -0.1) is 0 Å². The van der Waals surface area contributed by atoms with E-state index in [1.165, 1.54) is 19.2 Å². The molecule has 0 saturated heterocycles. The maximum absolute atomic E-state index is 11.5. The number of pyridine rings is 1. The van der Waals surface area contributed by atoms with Crippen LogP contribution in [0.3, 0.4) is 0 Å². The fourth-order valence-corrected chi connectivity index (χ4v) is 1.19. The molecule has 0 fully saturated rings. The molecule has 0 aliphatic carbocycles. The quantitative estimate of drug-likeness (QED) is 0.759. The van der Waals surface area contributed by atoms with Gasteiger partial charge in [-0.25, -0.2) is 0 Å². The molecule has 0 aliphatic rings. The molecule has 6 heteroatoms. The second-order valence-corrected chi connectivity index (χ2v) is 3.53. The Morgan fingerprint density at radius 2 is 2.06 bits per heavy atom. The van der Waals surface area contributed by atoms with E-state index < -0.39 is 0 Å². The molecule has 1 heterocycles. The summed E-state index contributed by atoms with van der Waals surface area (Å²) in [5.74, 6) is -0.442. The van der Waals surface area contributed by atoms with Crippen molar-refractivity contribution >= 4 is 23.4 Å². The van der Waals surface area contributed by atoms with Gasteiger partial charge in [0, 0.05) is 31.2 Å². The number of amides is 2. The van der Waals surface area contributed by atoms with Crippen molar-refractivity contribution in [1.29, 1.82) is 0 Å². The second kappa shape index (κ2) is 6.07. The molecule has 0 atom stereocenters. The molecule has 1 rings (SSSR count). The molecular weight excluding hydrogens is 230 g/mol. The van der Waals surface area contributed by atoms with E-state index in [9.17, 15) is 9.59 Å². The molecule has 16 heavy (non-hydrogen) atoms. The lowest BCUT2D eigenvalue weighted by atomic mass is 10.3. The zero-order valence-electron chi connectivity index (χ0n) is 8.79. The normalized spacial score (nSPS) is 9.62. The number of hydrogen-bond donors (Lipinski definition) is 2. The van der Waals surface area contributed by atoms with E-state index in [1.807, 2.05) is 0 Å². The highest BCUT2D eigenvalue weighted by Gasteiger charge is 2.06. The third-order valence-corrected chi connectivity index (χ3v) is 1.97. The van der Waals surface area contributed by atoms with Crippen LogP contribution in [0.15, 0.2) is 18.3 Å². The van der Waals surface area contributed by atoms with Crippen LogP contribution in [0.5, 0.6) is 0 Å².